The molecule has 0 aliphatic carbocycles. The minimum Gasteiger partial charge on any atom is -0.375 e. The van der Waals surface area contributed by atoms with Crippen LogP contribution in [0, 0.1) is 23.1 Å². The Balaban J connectivity index is 1.78. The summed E-state index contributed by atoms with van der Waals surface area (Å²) in [6, 6.07) is 16.6. The number of methoxy groups -OCH3 is 1. The van der Waals surface area contributed by atoms with Crippen LogP contribution in [0.5, 0.6) is 0 Å². The van der Waals surface area contributed by atoms with E-state index in [0.717, 1.165) is 35.5 Å². The van der Waals surface area contributed by atoms with E-state index in [1.54, 1.807) is 30.6 Å². The Morgan fingerprint density at radius 2 is 1.86 bits per heavy atom. The predicted octanol–water partition coefficient (Wildman–Crippen LogP) is 5.51. The summed E-state index contributed by atoms with van der Waals surface area (Å²) in [7, 11) is 1.68. The maximum absolute atomic E-state index is 13.6. The third kappa shape index (κ3) is 5.48. The van der Waals surface area contributed by atoms with Crippen molar-refractivity contribution >= 4 is 11.3 Å². The van der Waals surface area contributed by atoms with Crippen molar-refractivity contribution in [2.45, 2.75) is 32.3 Å². The molecule has 0 amide bonds. The molecule has 0 fully saturated rings. The fraction of sp³-hybridized carbons (Fsp3) is 0.304. The summed E-state index contributed by atoms with van der Waals surface area (Å²) in [6.07, 6.45) is 2.40. The molecule has 0 saturated carbocycles. The number of nitriles is 1. The lowest BCUT2D eigenvalue weighted by Gasteiger charge is -2.17. The second kappa shape index (κ2) is 9.59. The van der Waals surface area contributed by atoms with E-state index in [1.807, 2.05) is 37.3 Å². The average Bonchev–Trinajstić information content (AvgIpc) is 3.16. The highest BCUT2D eigenvalue weighted by atomic mass is 32.1. The van der Waals surface area contributed by atoms with E-state index in [4.69, 9.17) is 15.0 Å². The topological polar surface area (TPSA) is 45.9 Å². The van der Waals surface area contributed by atoms with Gasteiger partial charge in [0.15, 0.2) is 0 Å². The van der Waals surface area contributed by atoms with Crippen LogP contribution in [0.25, 0.3) is 0 Å². The maximum Gasteiger partial charge on any atom is 0.123 e. The smallest absolute Gasteiger partial charge is 0.123 e. The molecular formula is C23H23FN2OS. The normalized spacial score (nSPS) is 13.1. The van der Waals surface area contributed by atoms with Gasteiger partial charge >= 0.3 is 0 Å². The lowest BCUT2D eigenvalue weighted by Crippen LogP contribution is -2.12. The number of thiazole rings is 1. The highest BCUT2D eigenvalue weighted by molar-refractivity contribution is 7.09. The quantitative estimate of drug-likeness (QED) is 0.506. The summed E-state index contributed by atoms with van der Waals surface area (Å²) in [5.74, 6) is 0.0713. The minimum absolute atomic E-state index is 0.0149. The molecule has 0 radical (unpaired) electrons. The molecule has 0 saturated heterocycles. The lowest BCUT2D eigenvalue weighted by molar-refractivity contribution is 0.119. The van der Waals surface area contributed by atoms with E-state index in [9.17, 15) is 4.39 Å². The van der Waals surface area contributed by atoms with Gasteiger partial charge in [0.25, 0.3) is 0 Å². The molecule has 3 nitrogen and oxygen atoms in total. The average molecular weight is 395 g/mol. The van der Waals surface area contributed by atoms with Crippen molar-refractivity contribution in [2.75, 3.05) is 7.11 Å². The third-order valence-corrected chi connectivity index (χ3v) is 5.84. The molecule has 0 N–H and O–H groups in total. The van der Waals surface area contributed by atoms with Crippen LogP contribution in [-0.2, 0) is 24.0 Å². The molecular weight excluding hydrogens is 371 g/mol. The summed E-state index contributed by atoms with van der Waals surface area (Å²) >= 11 is 1.61. The van der Waals surface area contributed by atoms with Crippen LogP contribution in [-0.4, -0.2) is 12.1 Å². The molecule has 144 valence electrons. The molecule has 2 atom stereocenters. The van der Waals surface area contributed by atoms with Crippen LogP contribution < -0.4 is 0 Å². The van der Waals surface area contributed by atoms with Crippen LogP contribution in [0.4, 0.5) is 4.39 Å². The maximum atomic E-state index is 13.6. The van der Waals surface area contributed by atoms with Gasteiger partial charge in [0, 0.05) is 12.5 Å². The molecule has 1 aromatic heterocycles. The number of benzene rings is 2. The van der Waals surface area contributed by atoms with Crippen molar-refractivity contribution in [3.05, 3.63) is 87.1 Å². The highest BCUT2D eigenvalue weighted by Crippen LogP contribution is 2.25. The zero-order chi connectivity index (χ0) is 19.9. The van der Waals surface area contributed by atoms with Crippen molar-refractivity contribution in [1.29, 1.82) is 5.26 Å². The van der Waals surface area contributed by atoms with Crippen molar-refractivity contribution in [1.82, 2.24) is 4.98 Å². The Morgan fingerprint density at radius 3 is 2.54 bits per heavy atom. The fourth-order valence-electron chi connectivity index (χ4n) is 3.26. The van der Waals surface area contributed by atoms with E-state index in [0.29, 0.717) is 5.56 Å². The van der Waals surface area contributed by atoms with Gasteiger partial charge in [-0.15, -0.1) is 11.3 Å². The Hall–Kier alpha value is -2.55. The van der Waals surface area contributed by atoms with E-state index < -0.39 is 0 Å². The summed E-state index contributed by atoms with van der Waals surface area (Å²) in [5.41, 5.74) is 3.85. The van der Waals surface area contributed by atoms with Crippen LogP contribution in [0.1, 0.15) is 40.4 Å². The Morgan fingerprint density at radius 1 is 1.11 bits per heavy atom. The van der Waals surface area contributed by atoms with Gasteiger partial charge in [0.1, 0.15) is 16.9 Å². The first kappa shape index (κ1) is 20.2. The number of rotatable bonds is 8. The van der Waals surface area contributed by atoms with E-state index in [-0.39, 0.29) is 17.8 Å². The second-order valence-corrected chi connectivity index (χ2v) is 7.86. The molecule has 0 aliphatic heterocycles. The van der Waals surface area contributed by atoms with Crippen molar-refractivity contribution in [3.8, 4) is 6.07 Å². The SMILES string of the molecule is COC(C)c1nc(CC(Cc2ccc(C#N)cc2)Cc2cccc(F)c2)cs1. The number of hydrogen-bond donors (Lipinski definition) is 0. The monoisotopic (exact) mass is 394 g/mol. The van der Waals surface area contributed by atoms with E-state index >= 15 is 0 Å². The third-order valence-electron chi connectivity index (χ3n) is 4.79. The molecule has 0 bridgehead atoms. The first-order valence-electron chi connectivity index (χ1n) is 9.28. The van der Waals surface area contributed by atoms with Gasteiger partial charge < -0.3 is 4.74 Å². The molecule has 3 rings (SSSR count). The number of ether oxygens (including phenoxy) is 1. The Labute approximate surface area is 169 Å². The number of hydrogen-bond acceptors (Lipinski definition) is 4. The largest absolute Gasteiger partial charge is 0.375 e. The Bertz CT molecular complexity index is 946. The van der Waals surface area contributed by atoms with Gasteiger partial charge in [-0.1, -0.05) is 24.3 Å². The minimum atomic E-state index is -0.209. The summed E-state index contributed by atoms with van der Waals surface area (Å²) in [4.78, 5) is 4.73. The van der Waals surface area contributed by atoms with Gasteiger partial charge in [-0.2, -0.15) is 5.26 Å². The Kier molecular flexibility index (Phi) is 6.91. The fourth-order valence-corrected chi connectivity index (χ4v) is 4.13. The molecule has 3 aromatic rings. The lowest BCUT2D eigenvalue weighted by atomic mass is 9.89. The molecule has 28 heavy (non-hydrogen) atoms. The number of nitrogens with zero attached hydrogens (tertiary/aromatic N) is 2. The van der Waals surface area contributed by atoms with Crippen LogP contribution in [0.15, 0.2) is 53.9 Å². The van der Waals surface area contributed by atoms with Crippen LogP contribution in [0.2, 0.25) is 0 Å². The second-order valence-electron chi connectivity index (χ2n) is 6.97. The summed E-state index contributed by atoms with van der Waals surface area (Å²) in [6.45, 7) is 1.99. The molecule has 5 heteroatoms. The molecule has 0 spiro atoms. The zero-order valence-electron chi connectivity index (χ0n) is 16.1. The molecule has 2 unspecified atom stereocenters. The van der Waals surface area contributed by atoms with E-state index in [1.165, 1.54) is 11.6 Å². The number of halogens is 1. The van der Waals surface area contributed by atoms with Crippen molar-refractivity contribution in [3.63, 3.8) is 0 Å². The predicted molar refractivity (Wildman–Crippen MR) is 110 cm³/mol. The zero-order valence-corrected chi connectivity index (χ0v) is 16.9. The van der Waals surface area contributed by atoms with Gasteiger partial charge in [-0.3, -0.25) is 0 Å². The van der Waals surface area contributed by atoms with Gasteiger partial charge in [0.05, 0.1) is 17.3 Å². The number of aromatic nitrogens is 1. The summed E-state index contributed by atoms with van der Waals surface area (Å²) in [5, 5.41) is 12.0. The first-order valence-corrected chi connectivity index (χ1v) is 10.2. The van der Waals surface area contributed by atoms with Crippen molar-refractivity contribution < 1.29 is 9.13 Å². The highest BCUT2D eigenvalue weighted by Gasteiger charge is 2.16. The van der Waals surface area contributed by atoms with Crippen LogP contribution in [0.3, 0.4) is 0 Å². The standard InChI is InChI=1S/C23H23FN2OS/c1-16(27-2)23-26-22(15-28-23)13-20(11-19-4-3-5-21(24)12-19)10-17-6-8-18(14-25)9-7-17/h3-9,12,15-16,20H,10-11,13H2,1-2H3. The van der Waals surface area contributed by atoms with Gasteiger partial charge in [-0.05, 0) is 67.5 Å². The van der Waals surface area contributed by atoms with Crippen molar-refractivity contribution in [2.24, 2.45) is 5.92 Å². The summed E-state index contributed by atoms with van der Waals surface area (Å²) < 4.78 is 19.0. The molecule has 2 aromatic carbocycles. The van der Waals surface area contributed by atoms with Gasteiger partial charge in [0.2, 0.25) is 0 Å². The van der Waals surface area contributed by atoms with E-state index in [2.05, 4.69) is 11.4 Å². The molecule has 1 heterocycles. The van der Waals surface area contributed by atoms with Gasteiger partial charge in [-0.25, -0.2) is 9.37 Å². The first-order chi connectivity index (χ1) is 13.6. The molecule has 0 aliphatic rings. The van der Waals surface area contributed by atoms with Crippen LogP contribution >= 0.6 is 11.3 Å².